The number of carbonyl (C=O) groups is 6. The van der Waals surface area contributed by atoms with E-state index in [1.54, 1.807) is 12.1 Å². The van der Waals surface area contributed by atoms with Crippen LogP contribution in [-0.4, -0.2) is 77.9 Å². The quantitative estimate of drug-likeness (QED) is 0.138. The van der Waals surface area contributed by atoms with Gasteiger partial charge in [-0.3, -0.25) is 28.8 Å². The normalized spacial score (nSPS) is 21.2. The highest BCUT2D eigenvalue weighted by atomic mass is 32.2. The van der Waals surface area contributed by atoms with Crippen LogP contribution >= 0.6 is 23.5 Å². The molecular formula is C28H38N2O11S2. The summed E-state index contributed by atoms with van der Waals surface area (Å²) in [6.45, 7) is 9.02. The summed E-state index contributed by atoms with van der Waals surface area (Å²) in [4.78, 5) is 73.3. The van der Waals surface area contributed by atoms with Crippen LogP contribution in [0.1, 0.15) is 61.3 Å². The second-order valence-electron chi connectivity index (χ2n) is 9.59. The Kier molecular flexibility index (Phi) is 14.3. The Morgan fingerprint density at radius 1 is 0.744 bits per heavy atom. The molecule has 2 rings (SSSR count). The summed E-state index contributed by atoms with van der Waals surface area (Å²) in [7, 11) is 0. The van der Waals surface area contributed by atoms with Gasteiger partial charge in [-0.25, -0.2) is 0 Å². The fourth-order valence-corrected chi connectivity index (χ4v) is 6.50. The van der Waals surface area contributed by atoms with Crippen molar-refractivity contribution in [3.05, 3.63) is 12.1 Å². The van der Waals surface area contributed by atoms with Crippen molar-refractivity contribution in [3.8, 4) is 0 Å². The Hall–Kier alpha value is -3.30. The van der Waals surface area contributed by atoms with Crippen molar-refractivity contribution in [1.82, 2.24) is 0 Å². The van der Waals surface area contributed by atoms with Gasteiger partial charge in [0, 0.05) is 51.3 Å². The average Bonchev–Trinajstić information content (AvgIpc) is 2.87. The first kappa shape index (κ1) is 35.9. The summed E-state index contributed by atoms with van der Waals surface area (Å²) in [5, 5.41) is 5.54. The SMILES string of the molecule is CCCCSc1cc(S[C@@H]2O[C@H](COC(C)=O)[C@H](OC(C)=O)[C@H](OC(C)=O)[C@H]2OC(C)=O)c(NC(C)=O)cc1NC(C)=O. The first-order valence-corrected chi connectivity index (χ1v) is 15.4. The van der Waals surface area contributed by atoms with Crippen LogP contribution < -0.4 is 10.6 Å². The molecule has 5 atom stereocenters. The number of unbranched alkanes of at least 4 members (excludes halogenated alkanes) is 1. The fourth-order valence-electron chi connectivity index (χ4n) is 4.09. The van der Waals surface area contributed by atoms with E-state index < -0.39 is 53.7 Å². The van der Waals surface area contributed by atoms with Crippen LogP contribution in [0.2, 0.25) is 0 Å². The third kappa shape index (κ3) is 11.7. The van der Waals surface area contributed by atoms with Gasteiger partial charge in [0.15, 0.2) is 18.3 Å². The third-order valence-electron chi connectivity index (χ3n) is 5.65. The summed E-state index contributed by atoms with van der Waals surface area (Å²) in [6.07, 6.45) is -3.17. The second-order valence-corrected chi connectivity index (χ2v) is 11.9. The zero-order chi connectivity index (χ0) is 32.3. The molecule has 13 nitrogen and oxygen atoms in total. The summed E-state index contributed by atoms with van der Waals surface area (Å²) >= 11 is 2.55. The highest BCUT2D eigenvalue weighted by Gasteiger charge is 2.52. The van der Waals surface area contributed by atoms with Crippen molar-refractivity contribution in [2.75, 3.05) is 23.0 Å². The maximum Gasteiger partial charge on any atom is 0.303 e. The molecule has 1 aliphatic heterocycles. The van der Waals surface area contributed by atoms with Crippen molar-refractivity contribution in [3.63, 3.8) is 0 Å². The first-order valence-electron chi connectivity index (χ1n) is 13.5. The van der Waals surface area contributed by atoms with Crippen molar-refractivity contribution < 1.29 is 52.5 Å². The molecule has 0 radical (unpaired) electrons. The lowest BCUT2D eigenvalue weighted by Gasteiger charge is -2.44. The van der Waals surface area contributed by atoms with Gasteiger partial charge in [0.2, 0.25) is 11.8 Å². The number of thioether (sulfide) groups is 2. The molecule has 2 N–H and O–H groups in total. The molecule has 0 spiro atoms. The molecule has 1 aliphatic rings. The topological polar surface area (TPSA) is 173 Å². The van der Waals surface area contributed by atoms with Crippen LogP contribution in [-0.2, 0) is 52.5 Å². The van der Waals surface area contributed by atoms with Gasteiger partial charge in [0.05, 0.1) is 11.4 Å². The van der Waals surface area contributed by atoms with Crippen LogP contribution in [0.5, 0.6) is 0 Å². The Bertz CT molecular complexity index is 1210. The molecule has 2 amide bonds. The molecule has 238 valence electrons. The van der Waals surface area contributed by atoms with Gasteiger partial charge >= 0.3 is 23.9 Å². The maximum absolute atomic E-state index is 12.2. The lowest BCUT2D eigenvalue weighted by Crippen LogP contribution is -2.61. The maximum atomic E-state index is 12.2. The molecule has 15 heteroatoms. The molecule has 1 heterocycles. The Morgan fingerprint density at radius 3 is 1.79 bits per heavy atom. The van der Waals surface area contributed by atoms with E-state index in [1.165, 1.54) is 32.5 Å². The van der Waals surface area contributed by atoms with E-state index in [9.17, 15) is 28.8 Å². The predicted octanol–water partition coefficient (Wildman–Crippen LogP) is 3.67. The second kappa shape index (κ2) is 17.1. The zero-order valence-electron chi connectivity index (χ0n) is 25.2. The highest BCUT2D eigenvalue weighted by Crippen LogP contribution is 2.43. The number of ether oxygens (including phenoxy) is 5. The number of rotatable bonds is 13. The highest BCUT2D eigenvalue weighted by molar-refractivity contribution is 8.00. The van der Waals surface area contributed by atoms with Gasteiger partial charge in [-0.2, -0.15) is 0 Å². The number of nitrogens with one attached hydrogen (secondary N) is 2. The van der Waals surface area contributed by atoms with Gasteiger partial charge in [0.1, 0.15) is 18.1 Å². The lowest BCUT2D eigenvalue weighted by molar-refractivity contribution is -0.237. The summed E-state index contributed by atoms with van der Waals surface area (Å²) < 4.78 is 27.9. The van der Waals surface area contributed by atoms with Crippen LogP contribution in [0.15, 0.2) is 21.9 Å². The van der Waals surface area contributed by atoms with Crippen molar-refractivity contribution >= 4 is 70.6 Å². The first-order chi connectivity index (χ1) is 20.2. The molecule has 1 fully saturated rings. The van der Waals surface area contributed by atoms with E-state index in [2.05, 4.69) is 17.6 Å². The average molecular weight is 643 g/mol. The summed E-state index contributed by atoms with van der Waals surface area (Å²) in [6, 6.07) is 3.38. The van der Waals surface area contributed by atoms with E-state index in [1.807, 2.05) is 0 Å². The number of amides is 2. The lowest BCUT2D eigenvalue weighted by atomic mass is 9.99. The number of carbonyl (C=O) groups excluding carboxylic acids is 6. The number of anilines is 2. The van der Waals surface area contributed by atoms with Crippen molar-refractivity contribution in [2.45, 2.75) is 101 Å². The largest absolute Gasteiger partial charge is 0.463 e. The molecule has 0 bridgehead atoms. The monoisotopic (exact) mass is 642 g/mol. The predicted molar refractivity (Wildman–Crippen MR) is 158 cm³/mol. The van der Waals surface area contributed by atoms with Gasteiger partial charge in [-0.15, -0.1) is 11.8 Å². The molecule has 1 saturated heterocycles. The van der Waals surface area contributed by atoms with Crippen LogP contribution in [0.4, 0.5) is 11.4 Å². The fraction of sp³-hybridized carbons (Fsp3) is 0.571. The molecule has 1 aromatic carbocycles. The smallest absolute Gasteiger partial charge is 0.303 e. The summed E-state index contributed by atoms with van der Waals surface area (Å²) in [5.41, 5.74) is -0.287. The van der Waals surface area contributed by atoms with Crippen LogP contribution in [0.3, 0.4) is 0 Å². The van der Waals surface area contributed by atoms with E-state index >= 15 is 0 Å². The van der Waals surface area contributed by atoms with E-state index in [-0.39, 0.29) is 18.4 Å². The number of hydrogen-bond acceptors (Lipinski definition) is 13. The minimum absolute atomic E-state index is 0.300. The molecule has 0 aromatic heterocycles. The molecular weight excluding hydrogens is 604 g/mol. The molecule has 0 aliphatic carbocycles. The standard InChI is InChI=1S/C28H38N2O11S2/c1-8-9-10-42-23-12-24(21(30-15(3)32)11-20(23)29-14(2)31)43-28-27(40-19(7)36)26(39-18(6)35)25(38-17(5)34)22(41-28)13-37-16(4)33/h11-12,22,25-28H,8-10,13H2,1-7H3,(H,29,31)(H,30,32)/t22-,25+,26+,27-,28+/m1/s1. The van der Waals surface area contributed by atoms with Crippen molar-refractivity contribution in [2.24, 2.45) is 0 Å². The number of esters is 4. The van der Waals surface area contributed by atoms with Gasteiger partial charge in [0.25, 0.3) is 0 Å². The zero-order valence-corrected chi connectivity index (χ0v) is 26.8. The molecule has 1 aromatic rings. The Morgan fingerprint density at radius 2 is 1.28 bits per heavy atom. The molecule has 43 heavy (non-hydrogen) atoms. The minimum Gasteiger partial charge on any atom is -0.463 e. The summed E-state index contributed by atoms with van der Waals surface area (Å²) in [5.74, 6) is -2.77. The van der Waals surface area contributed by atoms with Gasteiger partial charge in [-0.05, 0) is 24.3 Å². The number of hydrogen-bond donors (Lipinski definition) is 2. The van der Waals surface area contributed by atoms with Gasteiger partial charge in [-0.1, -0.05) is 25.1 Å². The minimum atomic E-state index is -1.33. The molecule has 0 unspecified atom stereocenters. The number of benzene rings is 1. The Labute approximate surface area is 258 Å². The van der Waals surface area contributed by atoms with Crippen molar-refractivity contribution in [1.29, 1.82) is 0 Å². The molecule has 0 saturated carbocycles. The Balaban J connectivity index is 2.68. The van der Waals surface area contributed by atoms with Gasteiger partial charge < -0.3 is 34.3 Å². The van der Waals surface area contributed by atoms with Crippen LogP contribution in [0.25, 0.3) is 0 Å². The third-order valence-corrected chi connectivity index (χ3v) is 7.99. The van der Waals surface area contributed by atoms with E-state index in [0.29, 0.717) is 21.2 Å². The van der Waals surface area contributed by atoms with Crippen LogP contribution in [0, 0.1) is 0 Å². The van der Waals surface area contributed by atoms with E-state index in [0.717, 1.165) is 51.1 Å². The van der Waals surface area contributed by atoms with E-state index in [4.69, 9.17) is 23.7 Å².